The molecule has 2 atom stereocenters. The molecule has 1 N–H and O–H groups in total. The van der Waals surface area contributed by atoms with Crippen LogP contribution in [0.15, 0.2) is 30.3 Å². The summed E-state index contributed by atoms with van der Waals surface area (Å²) in [6, 6.07) is 9.32. The van der Waals surface area contributed by atoms with E-state index in [1.165, 1.54) is 11.1 Å². The molecule has 2 unspecified atom stereocenters. The number of hydrogen-bond acceptors (Lipinski definition) is 4. The number of hydrogen-bond donors (Lipinski definition) is 1. The van der Waals surface area contributed by atoms with Gasteiger partial charge >= 0.3 is 0 Å². The van der Waals surface area contributed by atoms with E-state index in [1.54, 1.807) is 0 Å². The highest BCUT2D eigenvalue weighted by Gasteiger charge is 2.27. The minimum Gasteiger partial charge on any atom is -0.378 e. The highest BCUT2D eigenvalue weighted by Crippen LogP contribution is 2.30. The van der Waals surface area contributed by atoms with E-state index < -0.39 is 0 Å². The van der Waals surface area contributed by atoms with Crippen LogP contribution in [0.3, 0.4) is 0 Å². The molecular weight excluding hydrogens is 254 g/mol. The van der Waals surface area contributed by atoms with Gasteiger partial charge in [-0.1, -0.05) is 24.3 Å². The quantitative estimate of drug-likeness (QED) is 0.893. The molecule has 1 aromatic carbocycles. The molecule has 0 saturated carbocycles. The van der Waals surface area contributed by atoms with E-state index in [-0.39, 0.29) is 6.29 Å². The molecule has 20 heavy (non-hydrogen) atoms. The topological polar surface area (TPSA) is 39.7 Å². The normalized spacial score (nSPS) is 30.3. The molecule has 2 saturated heterocycles. The van der Waals surface area contributed by atoms with Crippen LogP contribution in [-0.2, 0) is 14.2 Å². The first-order chi connectivity index (χ1) is 9.88. The summed E-state index contributed by atoms with van der Waals surface area (Å²) in [5.41, 5.74) is 3.79. The van der Waals surface area contributed by atoms with Gasteiger partial charge in [0.15, 0.2) is 6.29 Å². The number of ether oxygens (including phenoxy) is 3. The van der Waals surface area contributed by atoms with Crippen LogP contribution < -0.4 is 5.32 Å². The monoisotopic (exact) mass is 273 g/mol. The third kappa shape index (κ3) is 2.40. The number of nitrogens with one attached hydrogen (secondary N) is 1. The van der Waals surface area contributed by atoms with Gasteiger partial charge in [-0.3, -0.25) is 0 Å². The van der Waals surface area contributed by atoms with Gasteiger partial charge in [0.25, 0.3) is 0 Å². The van der Waals surface area contributed by atoms with Gasteiger partial charge in [-0.2, -0.15) is 0 Å². The molecule has 106 valence electrons. The summed E-state index contributed by atoms with van der Waals surface area (Å²) < 4.78 is 16.7. The molecule has 4 nitrogen and oxygen atoms in total. The second kappa shape index (κ2) is 5.30. The average molecular weight is 273 g/mol. The molecule has 0 radical (unpaired) electrons. The van der Waals surface area contributed by atoms with Crippen molar-refractivity contribution in [3.8, 4) is 0 Å². The Bertz CT molecular complexity index is 522. The summed E-state index contributed by atoms with van der Waals surface area (Å²) in [4.78, 5) is 0. The summed E-state index contributed by atoms with van der Waals surface area (Å²) in [6.45, 7) is 2.95. The molecule has 4 heteroatoms. The van der Waals surface area contributed by atoms with Gasteiger partial charge in [0.05, 0.1) is 26.4 Å². The van der Waals surface area contributed by atoms with Crippen LogP contribution in [0.4, 0.5) is 0 Å². The molecule has 3 aliphatic rings. The number of morpholine rings is 1. The highest BCUT2D eigenvalue weighted by molar-refractivity contribution is 5.68. The summed E-state index contributed by atoms with van der Waals surface area (Å²) in [5.74, 6) is 0. The van der Waals surface area contributed by atoms with Crippen LogP contribution in [0.2, 0.25) is 0 Å². The number of rotatable bonds is 2. The molecule has 3 heterocycles. The maximum atomic E-state index is 5.58. The first-order valence-electron chi connectivity index (χ1n) is 7.26. The standard InChI is InChI=1S/C16H19NO3/c1-2-11(6-12(3-1)16-19-4-5-20-16)13-7-14-9-18-10-15(8-13)17-14/h1-3,6-7,14-17H,4-5,8-10H2. The predicted molar refractivity (Wildman–Crippen MR) is 75.2 cm³/mol. The molecule has 1 aromatic rings. The van der Waals surface area contributed by atoms with E-state index in [2.05, 4.69) is 35.7 Å². The van der Waals surface area contributed by atoms with Crippen molar-refractivity contribution in [3.63, 3.8) is 0 Å². The van der Waals surface area contributed by atoms with E-state index >= 15 is 0 Å². The summed E-state index contributed by atoms with van der Waals surface area (Å²) >= 11 is 0. The lowest BCUT2D eigenvalue weighted by atomic mass is 9.91. The summed E-state index contributed by atoms with van der Waals surface area (Å²) in [6.07, 6.45) is 3.12. The van der Waals surface area contributed by atoms with E-state index in [1.807, 2.05) is 0 Å². The molecule has 2 fully saturated rings. The molecule has 2 bridgehead atoms. The Kier molecular flexibility index (Phi) is 3.32. The third-order valence-corrected chi connectivity index (χ3v) is 4.09. The van der Waals surface area contributed by atoms with Gasteiger partial charge in [-0.15, -0.1) is 0 Å². The second-order valence-corrected chi connectivity index (χ2v) is 5.60. The largest absolute Gasteiger partial charge is 0.378 e. The van der Waals surface area contributed by atoms with Crippen molar-refractivity contribution in [2.24, 2.45) is 0 Å². The van der Waals surface area contributed by atoms with Crippen LogP contribution in [0.5, 0.6) is 0 Å². The Morgan fingerprint density at radius 3 is 2.85 bits per heavy atom. The fourth-order valence-electron chi connectivity index (χ4n) is 3.18. The fourth-order valence-corrected chi connectivity index (χ4v) is 3.18. The highest BCUT2D eigenvalue weighted by atomic mass is 16.7. The number of fused-ring (bicyclic) bond motifs is 2. The first kappa shape index (κ1) is 12.5. The minimum atomic E-state index is -0.194. The Morgan fingerprint density at radius 1 is 1.10 bits per heavy atom. The van der Waals surface area contributed by atoms with Crippen LogP contribution >= 0.6 is 0 Å². The van der Waals surface area contributed by atoms with Gasteiger partial charge in [0.2, 0.25) is 0 Å². The van der Waals surface area contributed by atoms with Crippen LogP contribution in [-0.4, -0.2) is 38.5 Å². The molecule has 0 aliphatic carbocycles. The molecule has 3 aliphatic heterocycles. The van der Waals surface area contributed by atoms with Gasteiger partial charge < -0.3 is 19.5 Å². The van der Waals surface area contributed by atoms with E-state index in [0.717, 1.165) is 25.2 Å². The van der Waals surface area contributed by atoms with E-state index in [4.69, 9.17) is 14.2 Å². The summed E-state index contributed by atoms with van der Waals surface area (Å²) in [7, 11) is 0. The van der Waals surface area contributed by atoms with Crippen molar-refractivity contribution < 1.29 is 14.2 Å². The zero-order valence-corrected chi connectivity index (χ0v) is 11.4. The SMILES string of the molecule is C1=C(c2cccc(C3OCCO3)c2)CC2COCC1N2. The van der Waals surface area contributed by atoms with Gasteiger partial charge in [-0.25, -0.2) is 0 Å². The van der Waals surface area contributed by atoms with Crippen molar-refractivity contribution in [2.45, 2.75) is 24.8 Å². The summed E-state index contributed by atoms with van der Waals surface area (Å²) in [5, 5.41) is 3.57. The first-order valence-corrected chi connectivity index (χ1v) is 7.26. The maximum absolute atomic E-state index is 5.58. The van der Waals surface area contributed by atoms with Crippen molar-refractivity contribution in [1.29, 1.82) is 0 Å². The van der Waals surface area contributed by atoms with Gasteiger partial charge in [0.1, 0.15) is 0 Å². The minimum absolute atomic E-state index is 0.194. The van der Waals surface area contributed by atoms with Crippen LogP contribution in [0.25, 0.3) is 5.57 Å². The zero-order chi connectivity index (χ0) is 13.4. The van der Waals surface area contributed by atoms with Crippen LogP contribution in [0, 0.1) is 0 Å². The third-order valence-electron chi connectivity index (χ3n) is 4.09. The van der Waals surface area contributed by atoms with Gasteiger partial charge in [0, 0.05) is 17.6 Å². The smallest absolute Gasteiger partial charge is 0.184 e. The van der Waals surface area contributed by atoms with E-state index in [9.17, 15) is 0 Å². The van der Waals surface area contributed by atoms with Crippen molar-refractivity contribution in [1.82, 2.24) is 5.32 Å². The van der Waals surface area contributed by atoms with Crippen molar-refractivity contribution in [2.75, 3.05) is 26.4 Å². The molecule has 4 rings (SSSR count). The lowest BCUT2D eigenvalue weighted by Crippen LogP contribution is -2.50. The lowest BCUT2D eigenvalue weighted by molar-refractivity contribution is -0.0441. The molecule has 0 spiro atoms. The molecule has 0 amide bonds. The lowest BCUT2D eigenvalue weighted by Gasteiger charge is -2.35. The Morgan fingerprint density at radius 2 is 2.00 bits per heavy atom. The number of benzene rings is 1. The molecule has 0 aromatic heterocycles. The second-order valence-electron chi connectivity index (χ2n) is 5.60. The predicted octanol–water partition coefficient (Wildman–Crippen LogP) is 1.88. The van der Waals surface area contributed by atoms with E-state index in [0.29, 0.717) is 25.3 Å². The zero-order valence-electron chi connectivity index (χ0n) is 11.4. The van der Waals surface area contributed by atoms with Crippen molar-refractivity contribution in [3.05, 3.63) is 41.5 Å². The maximum Gasteiger partial charge on any atom is 0.184 e. The average Bonchev–Trinajstić information content (AvgIpc) is 3.01. The Balaban J connectivity index is 1.61. The fraction of sp³-hybridized carbons (Fsp3) is 0.500. The molecular formula is C16H19NO3. The van der Waals surface area contributed by atoms with Crippen LogP contribution in [0.1, 0.15) is 23.8 Å². The Hall–Kier alpha value is -1.20. The van der Waals surface area contributed by atoms with Crippen molar-refractivity contribution >= 4 is 5.57 Å². The van der Waals surface area contributed by atoms with Gasteiger partial charge in [-0.05, 0) is 23.6 Å². The Labute approximate surface area is 118 Å².